The molecule has 1 heterocycles. The lowest BCUT2D eigenvalue weighted by Crippen LogP contribution is -2.39. The van der Waals surface area contributed by atoms with Gasteiger partial charge in [-0.3, -0.25) is 4.99 Å². The summed E-state index contributed by atoms with van der Waals surface area (Å²) in [6.07, 6.45) is 9.43. The van der Waals surface area contributed by atoms with E-state index in [2.05, 4.69) is 46.8 Å². The molecule has 3 rings (SSSR count). The van der Waals surface area contributed by atoms with E-state index < -0.39 is 0 Å². The summed E-state index contributed by atoms with van der Waals surface area (Å²) in [5.41, 5.74) is 5.90. The van der Waals surface area contributed by atoms with Crippen molar-refractivity contribution in [2.45, 2.75) is 51.5 Å². The molecule has 0 saturated heterocycles. The summed E-state index contributed by atoms with van der Waals surface area (Å²) in [7, 11) is 1.84. The van der Waals surface area contributed by atoms with E-state index in [0.717, 1.165) is 38.6 Å². The third-order valence-corrected chi connectivity index (χ3v) is 5.25. The number of ether oxygens (including phenoxy) is 1. The fourth-order valence-corrected chi connectivity index (χ4v) is 3.64. The molecule has 1 atom stereocenters. The lowest BCUT2D eigenvalue weighted by atomic mass is 9.89. The van der Waals surface area contributed by atoms with Crippen molar-refractivity contribution in [3.8, 4) is 0 Å². The first-order valence-corrected chi connectivity index (χ1v) is 9.61. The number of nitrogens with one attached hydrogen (secondary N) is 2. The molecule has 0 spiro atoms. The second-order valence-electron chi connectivity index (χ2n) is 7.04. The molecule has 25 heavy (non-hydrogen) atoms. The van der Waals surface area contributed by atoms with Crippen molar-refractivity contribution < 1.29 is 4.74 Å². The highest BCUT2D eigenvalue weighted by Crippen LogP contribution is 2.24. The van der Waals surface area contributed by atoms with E-state index in [-0.39, 0.29) is 6.04 Å². The molecule has 4 nitrogen and oxygen atoms in total. The van der Waals surface area contributed by atoms with Gasteiger partial charge in [0.25, 0.3) is 0 Å². The second-order valence-corrected chi connectivity index (χ2v) is 7.04. The number of benzene rings is 1. The van der Waals surface area contributed by atoms with Crippen LogP contribution in [0.2, 0.25) is 0 Å². The van der Waals surface area contributed by atoms with Gasteiger partial charge in [-0.1, -0.05) is 29.8 Å². The smallest absolute Gasteiger partial charge is 0.191 e. The molecular formula is C21H31N3O. The molecule has 1 aromatic rings. The molecule has 136 valence electrons. The van der Waals surface area contributed by atoms with Gasteiger partial charge in [-0.25, -0.2) is 0 Å². The van der Waals surface area contributed by atoms with Crippen LogP contribution in [0.5, 0.6) is 0 Å². The van der Waals surface area contributed by atoms with Gasteiger partial charge in [0, 0.05) is 13.6 Å². The number of hydrogen-bond acceptors (Lipinski definition) is 2. The fraction of sp³-hybridized carbons (Fsp3) is 0.571. The molecule has 1 aromatic carbocycles. The molecule has 2 aliphatic rings. The second kappa shape index (κ2) is 9.04. The van der Waals surface area contributed by atoms with E-state index in [0.29, 0.717) is 0 Å². The molecule has 1 aliphatic heterocycles. The van der Waals surface area contributed by atoms with Crippen LogP contribution in [0.4, 0.5) is 0 Å². The van der Waals surface area contributed by atoms with Crippen LogP contribution in [0.1, 0.15) is 55.3 Å². The average molecular weight is 341 g/mol. The van der Waals surface area contributed by atoms with Gasteiger partial charge in [-0.15, -0.1) is 0 Å². The molecule has 4 heteroatoms. The Morgan fingerprint density at radius 1 is 1.20 bits per heavy atom. The Hall–Kier alpha value is -1.81. The third kappa shape index (κ3) is 5.08. The molecule has 1 aliphatic carbocycles. The number of aliphatic imine (C=N–C) groups is 1. The van der Waals surface area contributed by atoms with Crippen molar-refractivity contribution in [1.82, 2.24) is 10.6 Å². The van der Waals surface area contributed by atoms with E-state index in [4.69, 9.17) is 4.74 Å². The number of guanidine groups is 1. The van der Waals surface area contributed by atoms with Crippen LogP contribution in [0.3, 0.4) is 0 Å². The fourth-order valence-electron chi connectivity index (χ4n) is 3.64. The quantitative estimate of drug-likeness (QED) is 0.489. The van der Waals surface area contributed by atoms with Crippen LogP contribution in [-0.4, -0.2) is 32.8 Å². The number of rotatable bonds is 5. The summed E-state index contributed by atoms with van der Waals surface area (Å²) in [6, 6.07) is 7.21. The van der Waals surface area contributed by atoms with Gasteiger partial charge in [-0.05, 0) is 62.1 Å². The van der Waals surface area contributed by atoms with E-state index in [1.54, 1.807) is 0 Å². The van der Waals surface area contributed by atoms with Crippen LogP contribution < -0.4 is 10.6 Å². The van der Waals surface area contributed by atoms with E-state index in [1.165, 1.54) is 47.9 Å². The van der Waals surface area contributed by atoms with Crippen molar-refractivity contribution in [2.24, 2.45) is 4.99 Å². The molecule has 0 fully saturated rings. The zero-order valence-corrected chi connectivity index (χ0v) is 15.6. The maximum Gasteiger partial charge on any atom is 0.191 e. The molecule has 0 saturated carbocycles. The summed E-state index contributed by atoms with van der Waals surface area (Å²) in [5, 5.41) is 6.96. The molecule has 0 bridgehead atoms. The van der Waals surface area contributed by atoms with Crippen molar-refractivity contribution in [1.29, 1.82) is 0 Å². The summed E-state index contributed by atoms with van der Waals surface area (Å²) in [4.78, 5) is 4.37. The number of nitrogens with zero attached hydrogens (tertiary/aromatic N) is 1. The molecule has 1 unspecified atom stereocenters. The monoisotopic (exact) mass is 341 g/mol. The van der Waals surface area contributed by atoms with E-state index >= 15 is 0 Å². The van der Waals surface area contributed by atoms with Crippen LogP contribution >= 0.6 is 0 Å². The number of aryl methyl sites for hydroxylation is 2. The summed E-state index contributed by atoms with van der Waals surface area (Å²) in [5.74, 6) is 0.873. The van der Waals surface area contributed by atoms with Gasteiger partial charge < -0.3 is 15.4 Å². The van der Waals surface area contributed by atoms with Gasteiger partial charge >= 0.3 is 0 Å². The van der Waals surface area contributed by atoms with Crippen molar-refractivity contribution in [2.75, 3.05) is 26.8 Å². The zero-order valence-electron chi connectivity index (χ0n) is 15.6. The van der Waals surface area contributed by atoms with Crippen molar-refractivity contribution >= 4 is 5.96 Å². The minimum absolute atomic E-state index is 0.251. The summed E-state index contributed by atoms with van der Waals surface area (Å²) in [6.45, 7) is 4.73. The van der Waals surface area contributed by atoms with Gasteiger partial charge in [-0.2, -0.15) is 0 Å². The highest BCUT2D eigenvalue weighted by molar-refractivity contribution is 5.80. The Bertz CT molecular complexity index is 636. The zero-order chi connectivity index (χ0) is 17.5. The maximum atomic E-state index is 5.36. The lowest BCUT2D eigenvalue weighted by Gasteiger charge is -2.22. The van der Waals surface area contributed by atoms with E-state index in [1.807, 2.05) is 7.05 Å². The molecule has 0 radical (unpaired) electrons. The molecular weight excluding hydrogens is 310 g/mol. The Morgan fingerprint density at radius 2 is 2.04 bits per heavy atom. The highest BCUT2D eigenvalue weighted by atomic mass is 16.5. The Kier molecular flexibility index (Phi) is 6.51. The average Bonchev–Trinajstić information content (AvgIpc) is 2.67. The first kappa shape index (κ1) is 18.0. The summed E-state index contributed by atoms with van der Waals surface area (Å²) >= 11 is 0. The Labute approximate surface area is 151 Å². The van der Waals surface area contributed by atoms with Crippen LogP contribution in [0.25, 0.3) is 0 Å². The van der Waals surface area contributed by atoms with Gasteiger partial charge in [0.2, 0.25) is 0 Å². The topological polar surface area (TPSA) is 45.7 Å². The Balaban J connectivity index is 1.51. The largest absolute Gasteiger partial charge is 0.377 e. The lowest BCUT2D eigenvalue weighted by molar-refractivity contribution is 0.153. The minimum Gasteiger partial charge on any atom is -0.377 e. The predicted molar refractivity (Wildman–Crippen MR) is 104 cm³/mol. The molecule has 0 aromatic heterocycles. The maximum absolute atomic E-state index is 5.36. The minimum atomic E-state index is 0.251. The van der Waals surface area contributed by atoms with Gasteiger partial charge in [0.05, 0.1) is 19.3 Å². The first-order chi connectivity index (χ1) is 12.3. The van der Waals surface area contributed by atoms with Crippen LogP contribution in [0.15, 0.2) is 34.8 Å². The normalized spacial score (nSPS) is 19.0. The van der Waals surface area contributed by atoms with Crippen LogP contribution in [0, 0.1) is 0 Å². The summed E-state index contributed by atoms with van der Waals surface area (Å²) < 4.78 is 5.36. The standard InChI is InChI=1S/C21H31N3O/c1-16(19-8-7-18-5-3-4-6-20(18)15-19)24-21(22-2)23-12-9-17-10-13-25-14-11-17/h7-8,10,15-16H,3-6,9,11-14H2,1-2H3,(H2,22,23,24). The molecule has 2 N–H and O–H groups in total. The number of hydrogen-bond donors (Lipinski definition) is 2. The highest BCUT2D eigenvalue weighted by Gasteiger charge is 2.13. The van der Waals surface area contributed by atoms with Gasteiger partial charge in [0.15, 0.2) is 5.96 Å². The Morgan fingerprint density at radius 3 is 2.80 bits per heavy atom. The van der Waals surface area contributed by atoms with Crippen molar-refractivity contribution in [3.63, 3.8) is 0 Å². The van der Waals surface area contributed by atoms with Gasteiger partial charge in [0.1, 0.15) is 0 Å². The third-order valence-electron chi connectivity index (χ3n) is 5.25. The molecule has 0 amide bonds. The number of fused-ring (bicyclic) bond motifs is 1. The van der Waals surface area contributed by atoms with E-state index in [9.17, 15) is 0 Å². The van der Waals surface area contributed by atoms with Crippen LogP contribution in [-0.2, 0) is 17.6 Å². The van der Waals surface area contributed by atoms with Crippen molar-refractivity contribution in [3.05, 3.63) is 46.5 Å². The first-order valence-electron chi connectivity index (χ1n) is 9.61. The SMILES string of the molecule is CN=C(NCCC1=CCOCC1)NC(C)c1ccc2c(c1)CCCC2. The predicted octanol–water partition coefficient (Wildman–Crippen LogP) is 3.53.